The van der Waals surface area contributed by atoms with Gasteiger partial charge in [0.15, 0.2) is 11.5 Å². The molecule has 3 nitrogen and oxygen atoms in total. The lowest BCUT2D eigenvalue weighted by atomic mass is 9.94. The average molecular weight is 320 g/mol. The van der Waals surface area contributed by atoms with Crippen LogP contribution in [0.2, 0.25) is 0 Å². The van der Waals surface area contributed by atoms with E-state index in [0.29, 0.717) is 12.7 Å². The maximum atomic E-state index is 5.42. The number of ether oxygens (including phenoxy) is 2. The third kappa shape index (κ3) is 2.45. The number of aromatic nitrogens is 1. The van der Waals surface area contributed by atoms with Gasteiger partial charge in [-0.25, -0.2) is 0 Å². The number of nitrogens with zero attached hydrogens (tertiary/aromatic N) is 1. The molecule has 2 aromatic rings. The fourth-order valence-electron chi connectivity index (χ4n) is 2.21. The van der Waals surface area contributed by atoms with Gasteiger partial charge in [-0.1, -0.05) is 28.9 Å². The zero-order chi connectivity index (χ0) is 13.2. The van der Waals surface area contributed by atoms with Gasteiger partial charge in [0.25, 0.3) is 0 Å². The Morgan fingerprint density at radius 3 is 2.58 bits per heavy atom. The molecule has 1 aliphatic heterocycles. The summed E-state index contributed by atoms with van der Waals surface area (Å²) in [6.07, 6.45) is 3.65. The maximum Gasteiger partial charge on any atom is 0.231 e. The van der Waals surface area contributed by atoms with Crippen LogP contribution in [0.1, 0.15) is 28.8 Å². The second-order valence-electron chi connectivity index (χ2n) is 4.58. The van der Waals surface area contributed by atoms with Crippen LogP contribution in [0, 0.1) is 0 Å². The molecule has 0 amide bonds. The third-order valence-corrected chi connectivity index (χ3v) is 4.71. The lowest BCUT2D eigenvalue weighted by molar-refractivity contribution is 0.174. The van der Waals surface area contributed by atoms with Crippen LogP contribution in [-0.4, -0.2) is 11.8 Å². The Balaban J connectivity index is 1.86. The molecule has 0 saturated heterocycles. The highest BCUT2D eigenvalue weighted by molar-refractivity contribution is 9.09. The Hall–Kier alpha value is -1.55. The molecule has 4 heteroatoms. The van der Waals surface area contributed by atoms with Crippen LogP contribution in [0.5, 0.6) is 11.5 Å². The first-order valence-corrected chi connectivity index (χ1v) is 7.11. The van der Waals surface area contributed by atoms with E-state index >= 15 is 0 Å². The maximum absolute atomic E-state index is 5.42. The van der Waals surface area contributed by atoms with E-state index in [2.05, 4.69) is 33.9 Å². The summed E-state index contributed by atoms with van der Waals surface area (Å²) in [6.45, 7) is 2.50. The van der Waals surface area contributed by atoms with Gasteiger partial charge in [-0.2, -0.15) is 0 Å². The Morgan fingerprint density at radius 2 is 1.79 bits per heavy atom. The van der Waals surface area contributed by atoms with Crippen LogP contribution < -0.4 is 9.47 Å². The van der Waals surface area contributed by atoms with E-state index in [1.165, 1.54) is 11.1 Å². The molecule has 0 radical (unpaired) electrons. The number of hydrogen-bond donors (Lipinski definition) is 0. The monoisotopic (exact) mass is 319 g/mol. The van der Waals surface area contributed by atoms with Gasteiger partial charge in [0.05, 0.1) is 0 Å². The predicted octanol–water partition coefficient (Wildman–Crippen LogP) is 4.05. The number of alkyl halides is 1. The van der Waals surface area contributed by atoms with Crippen molar-refractivity contribution in [3.63, 3.8) is 0 Å². The van der Waals surface area contributed by atoms with E-state index < -0.39 is 0 Å². The normalized spacial score (nSPS) is 16.1. The fourth-order valence-corrected chi connectivity index (χ4v) is 2.80. The second kappa shape index (κ2) is 5.21. The van der Waals surface area contributed by atoms with E-state index in [1.54, 1.807) is 0 Å². The predicted molar refractivity (Wildman–Crippen MR) is 76.9 cm³/mol. The molecule has 0 N–H and O–H groups in total. The van der Waals surface area contributed by atoms with E-state index in [1.807, 2.05) is 36.7 Å². The van der Waals surface area contributed by atoms with Crippen LogP contribution in [0.25, 0.3) is 0 Å². The number of fused-ring (bicyclic) bond motifs is 1. The Kier molecular flexibility index (Phi) is 3.42. The Morgan fingerprint density at radius 1 is 1.05 bits per heavy atom. The highest BCUT2D eigenvalue weighted by Crippen LogP contribution is 2.41. The van der Waals surface area contributed by atoms with E-state index in [-0.39, 0.29) is 4.83 Å². The first kappa shape index (κ1) is 12.5. The molecule has 0 saturated carbocycles. The first-order valence-electron chi connectivity index (χ1n) is 6.19. The van der Waals surface area contributed by atoms with Crippen LogP contribution in [0.4, 0.5) is 0 Å². The van der Waals surface area contributed by atoms with Crippen LogP contribution in [-0.2, 0) is 0 Å². The minimum atomic E-state index is 0.226. The van der Waals surface area contributed by atoms with Crippen molar-refractivity contribution < 1.29 is 9.47 Å². The minimum Gasteiger partial charge on any atom is -0.454 e. The molecule has 1 aromatic carbocycles. The minimum absolute atomic E-state index is 0.226. The molecule has 3 rings (SSSR count). The van der Waals surface area contributed by atoms with Crippen molar-refractivity contribution in [2.24, 2.45) is 0 Å². The van der Waals surface area contributed by atoms with Crippen LogP contribution >= 0.6 is 15.9 Å². The molecule has 0 aliphatic carbocycles. The summed E-state index contributed by atoms with van der Waals surface area (Å²) in [4.78, 5) is 4.28. The van der Waals surface area contributed by atoms with E-state index in [4.69, 9.17) is 9.47 Å². The SMILES string of the molecule is CC(c1ccncc1)C(Br)c1ccc2c(c1)OCO2. The summed E-state index contributed by atoms with van der Waals surface area (Å²) in [7, 11) is 0. The zero-order valence-electron chi connectivity index (χ0n) is 10.5. The first-order chi connectivity index (χ1) is 9.25. The van der Waals surface area contributed by atoms with Crippen molar-refractivity contribution in [2.45, 2.75) is 17.7 Å². The van der Waals surface area contributed by atoms with Crippen molar-refractivity contribution in [1.82, 2.24) is 4.98 Å². The highest BCUT2D eigenvalue weighted by Gasteiger charge is 2.21. The number of pyridine rings is 1. The smallest absolute Gasteiger partial charge is 0.231 e. The van der Waals surface area contributed by atoms with Gasteiger partial charge >= 0.3 is 0 Å². The summed E-state index contributed by atoms with van der Waals surface area (Å²) in [5, 5.41) is 0. The molecule has 0 spiro atoms. The summed E-state index contributed by atoms with van der Waals surface area (Å²) in [5.74, 6) is 1.99. The van der Waals surface area contributed by atoms with Gasteiger partial charge in [0.2, 0.25) is 6.79 Å². The van der Waals surface area contributed by atoms with Crippen molar-refractivity contribution in [2.75, 3.05) is 6.79 Å². The van der Waals surface area contributed by atoms with Gasteiger partial charge in [-0.05, 0) is 41.3 Å². The molecule has 1 aliphatic rings. The highest BCUT2D eigenvalue weighted by atomic mass is 79.9. The number of hydrogen-bond acceptors (Lipinski definition) is 3. The molecule has 2 atom stereocenters. The quantitative estimate of drug-likeness (QED) is 0.800. The molecule has 0 fully saturated rings. The average Bonchev–Trinajstić information content (AvgIpc) is 2.94. The van der Waals surface area contributed by atoms with Gasteiger partial charge in [0, 0.05) is 17.2 Å². The lowest BCUT2D eigenvalue weighted by Crippen LogP contribution is -2.02. The van der Waals surface area contributed by atoms with Gasteiger partial charge < -0.3 is 9.47 Å². The Bertz CT molecular complexity index is 574. The Labute approximate surface area is 120 Å². The van der Waals surface area contributed by atoms with Crippen molar-refractivity contribution >= 4 is 15.9 Å². The van der Waals surface area contributed by atoms with Gasteiger partial charge in [-0.15, -0.1) is 0 Å². The lowest BCUT2D eigenvalue weighted by Gasteiger charge is -2.19. The molecular weight excluding hydrogens is 306 g/mol. The third-order valence-electron chi connectivity index (χ3n) is 3.39. The second-order valence-corrected chi connectivity index (χ2v) is 5.57. The largest absolute Gasteiger partial charge is 0.454 e. The number of halogens is 1. The molecule has 2 heterocycles. The number of benzene rings is 1. The number of rotatable bonds is 3. The molecule has 19 heavy (non-hydrogen) atoms. The van der Waals surface area contributed by atoms with Crippen LogP contribution in [0.15, 0.2) is 42.7 Å². The fraction of sp³-hybridized carbons (Fsp3) is 0.267. The van der Waals surface area contributed by atoms with E-state index in [0.717, 1.165) is 11.5 Å². The van der Waals surface area contributed by atoms with Crippen molar-refractivity contribution in [1.29, 1.82) is 0 Å². The van der Waals surface area contributed by atoms with Gasteiger partial charge in [-0.3, -0.25) is 4.98 Å². The molecule has 1 aromatic heterocycles. The molecular formula is C15H14BrNO2. The summed E-state index contributed by atoms with van der Waals surface area (Å²) < 4.78 is 10.8. The molecule has 2 unspecified atom stereocenters. The van der Waals surface area contributed by atoms with E-state index in [9.17, 15) is 0 Å². The molecule has 0 bridgehead atoms. The summed E-state index contributed by atoms with van der Waals surface area (Å²) >= 11 is 3.78. The van der Waals surface area contributed by atoms with Crippen LogP contribution in [0.3, 0.4) is 0 Å². The molecule has 98 valence electrons. The summed E-state index contributed by atoms with van der Waals surface area (Å²) in [5.41, 5.74) is 2.45. The van der Waals surface area contributed by atoms with Crippen molar-refractivity contribution in [3.8, 4) is 11.5 Å². The zero-order valence-corrected chi connectivity index (χ0v) is 12.1. The van der Waals surface area contributed by atoms with Gasteiger partial charge in [0.1, 0.15) is 0 Å². The standard InChI is InChI=1S/C15H14BrNO2/c1-10(11-4-6-17-7-5-11)15(16)12-2-3-13-14(8-12)19-9-18-13/h2-8,10,15H,9H2,1H3. The van der Waals surface area contributed by atoms with Crippen molar-refractivity contribution in [3.05, 3.63) is 53.9 Å². The summed E-state index contributed by atoms with van der Waals surface area (Å²) in [6, 6.07) is 10.2. The topological polar surface area (TPSA) is 31.4 Å².